The molecule has 0 aliphatic carbocycles. The molecule has 4 aromatic rings. The fourth-order valence-electron chi connectivity index (χ4n) is 4.26. The number of nitrogens with one attached hydrogen (secondary N) is 3. The first-order chi connectivity index (χ1) is 17.5. The predicted molar refractivity (Wildman–Crippen MR) is 137 cm³/mol. The third-order valence-electron chi connectivity index (χ3n) is 6.04. The molecule has 0 bridgehead atoms. The molecule has 12 heteroatoms. The van der Waals surface area contributed by atoms with Crippen molar-refractivity contribution in [2.75, 3.05) is 49.3 Å². The Morgan fingerprint density at radius 1 is 1.25 bits per heavy atom. The summed E-state index contributed by atoms with van der Waals surface area (Å²) < 4.78 is 20.9. The van der Waals surface area contributed by atoms with E-state index < -0.39 is 17.4 Å². The number of aromatic amines is 2. The van der Waals surface area contributed by atoms with Gasteiger partial charge in [-0.15, -0.1) is 0 Å². The fourth-order valence-corrected chi connectivity index (χ4v) is 4.26. The molecular formula is C24H26FN9O2. The number of rotatable bonds is 6. The van der Waals surface area contributed by atoms with Gasteiger partial charge in [-0.05, 0) is 25.1 Å². The molecule has 0 amide bonds. The molecule has 3 aromatic heterocycles. The molecular weight excluding hydrogens is 465 g/mol. The highest BCUT2D eigenvalue weighted by Crippen LogP contribution is 2.34. The second-order valence-corrected chi connectivity index (χ2v) is 8.37. The van der Waals surface area contributed by atoms with Gasteiger partial charge in [-0.1, -0.05) is 0 Å². The van der Waals surface area contributed by atoms with Crippen LogP contribution >= 0.6 is 0 Å². The summed E-state index contributed by atoms with van der Waals surface area (Å²) in [5.41, 5.74) is 8.09. The maximum absolute atomic E-state index is 15.5. The van der Waals surface area contributed by atoms with Crippen LogP contribution in [0.15, 0.2) is 40.4 Å². The van der Waals surface area contributed by atoms with Gasteiger partial charge in [0.1, 0.15) is 22.7 Å². The molecule has 1 aliphatic rings. The number of nitrogens with two attached hydrogens (primary N) is 1. The van der Waals surface area contributed by atoms with Gasteiger partial charge in [0.2, 0.25) is 0 Å². The molecule has 1 fully saturated rings. The van der Waals surface area contributed by atoms with E-state index in [1.54, 1.807) is 37.6 Å². The molecule has 0 saturated carbocycles. The zero-order chi connectivity index (χ0) is 25.2. The lowest BCUT2D eigenvalue weighted by Crippen LogP contribution is -2.36. The van der Waals surface area contributed by atoms with Gasteiger partial charge in [-0.25, -0.2) is 19.3 Å². The van der Waals surface area contributed by atoms with E-state index >= 15 is 4.39 Å². The average molecular weight is 492 g/mol. The summed E-state index contributed by atoms with van der Waals surface area (Å²) in [5, 5.41) is 3.25. The summed E-state index contributed by atoms with van der Waals surface area (Å²) in [5.74, 6) is 0.232. The Kier molecular flexibility index (Phi) is 6.34. The van der Waals surface area contributed by atoms with Crippen molar-refractivity contribution in [2.45, 2.75) is 13.0 Å². The van der Waals surface area contributed by atoms with Gasteiger partial charge in [-0.2, -0.15) is 0 Å². The summed E-state index contributed by atoms with van der Waals surface area (Å²) in [6.45, 7) is 4.08. The Bertz CT molecular complexity index is 1480. The fraction of sp³-hybridized carbons (Fsp3) is 0.292. The van der Waals surface area contributed by atoms with E-state index in [1.807, 2.05) is 11.8 Å². The van der Waals surface area contributed by atoms with Gasteiger partial charge in [0.05, 0.1) is 47.5 Å². The lowest BCUT2D eigenvalue weighted by atomic mass is 10.1. The summed E-state index contributed by atoms with van der Waals surface area (Å²) >= 11 is 0. The number of anilines is 3. The van der Waals surface area contributed by atoms with E-state index in [0.29, 0.717) is 54.7 Å². The number of fused-ring (bicyclic) bond motifs is 1. The van der Waals surface area contributed by atoms with E-state index in [4.69, 9.17) is 10.5 Å². The summed E-state index contributed by atoms with van der Waals surface area (Å²) in [7, 11) is 1.58. The first-order valence-electron chi connectivity index (χ1n) is 11.5. The molecule has 1 aliphatic heterocycles. The van der Waals surface area contributed by atoms with Gasteiger partial charge in [0.15, 0.2) is 5.82 Å². The van der Waals surface area contributed by atoms with E-state index in [2.05, 4.69) is 35.2 Å². The maximum atomic E-state index is 15.5. The highest BCUT2D eigenvalue weighted by molar-refractivity contribution is 5.95. The first-order valence-corrected chi connectivity index (χ1v) is 11.5. The van der Waals surface area contributed by atoms with Crippen molar-refractivity contribution in [1.82, 2.24) is 24.9 Å². The molecule has 0 spiro atoms. The van der Waals surface area contributed by atoms with Gasteiger partial charge in [-0.3, -0.25) is 9.79 Å². The molecule has 0 unspecified atom stereocenters. The summed E-state index contributed by atoms with van der Waals surface area (Å²) in [6.07, 6.45) is 4.72. The molecule has 5 rings (SSSR count). The van der Waals surface area contributed by atoms with Crippen LogP contribution in [-0.4, -0.2) is 64.5 Å². The number of hydrogen-bond acceptors (Lipinski definition) is 9. The number of halogens is 1. The minimum absolute atomic E-state index is 0.136. The molecule has 1 saturated heterocycles. The van der Waals surface area contributed by atoms with Crippen molar-refractivity contribution < 1.29 is 9.13 Å². The SMILES string of the molecule is CN=Cc1[nH]c(=O)c(-c2nc3c(F)c(N4CCOCC4)ccc3[nH]2)c(N[C@@H](C)c2ncccn2)c1N. The van der Waals surface area contributed by atoms with Crippen LogP contribution in [0.1, 0.15) is 24.5 Å². The zero-order valence-corrected chi connectivity index (χ0v) is 19.9. The number of morpholine rings is 1. The topological polar surface area (TPSA) is 150 Å². The number of hydrogen-bond donors (Lipinski definition) is 4. The van der Waals surface area contributed by atoms with Gasteiger partial charge < -0.3 is 30.7 Å². The molecule has 1 atom stereocenters. The van der Waals surface area contributed by atoms with Gasteiger partial charge >= 0.3 is 0 Å². The molecule has 4 heterocycles. The number of H-pyrrole nitrogens is 2. The van der Waals surface area contributed by atoms with E-state index in [-0.39, 0.29) is 22.6 Å². The Hall–Kier alpha value is -4.32. The zero-order valence-electron chi connectivity index (χ0n) is 19.9. The molecule has 36 heavy (non-hydrogen) atoms. The number of aromatic nitrogens is 5. The Balaban J connectivity index is 1.63. The Labute approximate surface area is 205 Å². The van der Waals surface area contributed by atoms with E-state index in [0.717, 1.165) is 0 Å². The molecule has 5 N–H and O–H groups in total. The van der Waals surface area contributed by atoms with Crippen LogP contribution in [0.3, 0.4) is 0 Å². The monoisotopic (exact) mass is 491 g/mol. The van der Waals surface area contributed by atoms with Crippen LogP contribution in [-0.2, 0) is 4.74 Å². The molecule has 1 aromatic carbocycles. The predicted octanol–water partition coefficient (Wildman–Crippen LogP) is 2.49. The van der Waals surface area contributed by atoms with Crippen molar-refractivity contribution >= 4 is 34.3 Å². The highest BCUT2D eigenvalue weighted by Gasteiger charge is 2.24. The minimum atomic E-state index is -0.462. The van der Waals surface area contributed by atoms with E-state index in [1.165, 1.54) is 6.21 Å². The van der Waals surface area contributed by atoms with Crippen LogP contribution in [0, 0.1) is 5.82 Å². The van der Waals surface area contributed by atoms with Crippen LogP contribution < -0.4 is 21.5 Å². The summed E-state index contributed by atoms with van der Waals surface area (Å²) in [4.78, 5) is 38.0. The van der Waals surface area contributed by atoms with Crippen LogP contribution in [0.5, 0.6) is 0 Å². The van der Waals surface area contributed by atoms with Gasteiger partial charge in [0.25, 0.3) is 5.56 Å². The molecule has 11 nitrogen and oxygen atoms in total. The Morgan fingerprint density at radius 2 is 2.00 bits per heavy atom. The van der Waals surface area contributed by atoms with Crippen molar-refractivity contribution in [3.05, 3.63) is 58.3 Å². The average Bonchev–Trinajstić information content (AvgIpc) is 3.33. The largest absolute Gasteiger partial charge is 0.395 e. The number of pyridine rings is 1. The third-order valence-corrected chi connectivity index (χ3v) is 6.04. The number of ether oxygens (including phenoxy) is 1. The lowest BCUT2D eigenvalue weighted by Gasteiger charge is -2.29. The number of imidazole rings is 1. The number of aliphatic imine (C=N–C) groups is 1. The van der Waals surface area contributed by atoms with Crippen molar-refractivity contribution in [3.8, 4) is 11.4 Å². The highest BCUT2D eigenvalue weighted by atomic mass is 19.1. The van der Waals surface area contributed by atoms with Crippen molar-refractivity contribution in [3.63, 3.8) is 0 Å². The van der Waals surface area contributed by atoms with Crippen molar-refractivity contribution in [1.29, 1.82) is 0 Å². The van der Waals surface area contributed by atoms with E-state index in [9.17, 15) is 4.79 Å². The second-order valence-electron chi connectivity index (χ2n) is 8.37. The summed E-state index contributed by atoms with van der Waals surface area (Å²) in [6, 6.07) is 4.78. The number of nitrogens with zero attached hydrogens (tertiary/aromatic N) is 5. The quantitative estimate of drug-likeness (QED) is 0.301. The minimum Gasteiger partial charge on any atom is -0.395 e. The third kappa shape index (κ3) is 4.26. The van der Waals surface area contributed by atoms with Crippen LogP contribution in [0.2, 0.25) is 0 Å². The number of benzene rings is 1. The molecule has 0 radical (unpaired) electrons. The van der Waals surface area contributed by atoms with Crippen molar-refractivity contribution in [2.24, 2.45) is 4.99 Å². The smallest absolute Gasteiger partial charge is 0.261 e. The van der Waals surface area contributed by atoms with Gasteiger partial charge in [0, 0.05) is 38.7 Å². The normalized spacial score (nSPS) is 15.0. The lowest BCUT2D eigenvalue weighted by molar-refractivity contribution is 0.122. The van der Waals surface area contributed by atoms with Crippen LogP contribution in [0.25, 0.3) is 22.4 Å². The molecule has 186 valence electrons. The Morgan fingerprint density at radius 3 is 2.72 bits per heavy atom. The number of nitrogen functional groups attached to an aromatic ring is 1. The second kappa shape index (κ2) is 9.74. The standard InChI is InChI=1S/C24H26FN9O2/c1-13(22-28-6-3-7-29-22)30-21-17(24(35)32-15(12-27-2)19(21)26)23-31-14-4-5-16(18(25)20(14)33-23)34-8-10-36-11-9-34/h3-7,12-13H,8-11,26H2,1-2H3,(H,31,33)(H2,30,32,35)/t13-/m0/s1. The first kappa shape index (κ1) is 23.4. The van der Waals surface area contributed by atoms with Crippen LogP contribution in [0.4, 0.5) is 21.5 Å². The maximum Gasteiger partial charge on any atom is 0.261 e.